The van der Waals surface area contributed by atoms with E-state index < -0.39 is 12.6 Å². The number of carbonyl (C=O) groups excluding carboxylic acids is 1. The average molecular weight is 412 g/mol. The summed E-state index contributed by atoms with van der Waals surface area (Å²) in [5.41, 5.74) is 1.91. The average Bonchev–Trinajstić information content (AvgIpc) is 2.69. The number of halogens is 2. The van der Waals surface area contributed by atoms with Crippen LogP contribution in [0.1, 0.15) is 17.2 Å². The molecule has 0 aliphatic carbocycles. The van der Waals surface area contributed by atoms with Crippen molar-refractivity contribution in [1.29, 1.82) is 0 Å². The van der Waals surface area contributed by atoms with Crippen LogP contribution in [0.15, 0.2) is 48.5 Å². The SMILES string of the molecule is O=C([O-])COCCN1CCN(C(c2ccc(F)cc2)c2ccc(F)cc2)CC1.[Na+]. The van der Waals surface area contributed by atoms with Crippen LogP contribution in [0.25, 0.3) is 0 Å². The molecular weight excluding hydrogens is 389 g/mol. The van der Waals surface area contributed by atoms with E-state index in [-0.39, 0.29) is 47.2 Å². The van der Waals surface area contributed by atoms with Gasteiger partial charge >= 0.3 is 29.6 Å². The molecule has 1 fully saturated rings. The molecule has 0 radical (unpaired) electrons. The number of carbonyl (C=O) groups is 1. The van der Waals surface area contributed by atoms with E-state index >= 15 is 0 Å². The third kappa shape index (κ3) is 7.13. The van der Waals surface area contributed by atoms with Crippen molar-refractivity contribution in [3.63, 3.8) is 0 Å². The minimum atomic E-state index is -1.22. The molecule has 8 heteroatoms. The van der Waals surface area contributed by atoms with Crippen molar-refractivity contribution >= 4 is 5.97 Å². The van der Waals surface area contributed by atoms with E-state index in [2.05, 4.69) is 9.80 Å². The van der Waals surface area contributed by atoms with Gasteiger partial charge in [0.25, 0.3) is 0 Å². The van der Waals surface area contributed by atoms with Gasteiger partial charge in [-0.15, -0.1) is 0 Å². The zero-order valence-electron chi connectivity index (χ0n) is 16.5. The van der Waals surface area contributed by atoms with Crippen molar-refractivity contribution in [3.8, 4) is 0 Å². The molecule has 5 nitrogen and oxygen atoms in total. The molecule has 0 atom stereocenters. The van der Waals surface area contributed by atoms with Crippen LogP contribution in [-0.4, -0.2) is 61.7 Å². The molecule has 0 N–H and O–H groups in total. The molecule has 1 aliphatic heterocycles. The topological polar surface area (TPSA) is 55.8 Å². The first-order valence-corrected chi connectivity index (χ1v) is 9.28. The minimum absolute atomic E-state index is 0. The van der Waals surface area contributed by atoms with Crippen LogP contribution in [-0.2, 0) is 9.53 Å². The van der Waals surface area contributed by atoms with Crippen molar-refractivity contribution < 1.29 is 53.0 Å². The molecule has 3 rings (SSSR count). The fraction of sp³-hybridized carbons (Fsp3) is 0.381. The summed E-state index contributed by atoms with van der Waals surface area (Å²) in [6, 6.07) is 12.7. The Morgan fingerprint density at radius 2 is 1.41 bits per heavy atom. The van der Waals surface area contributed by atoms with Crippen LogP contribution in [0, 0.1) is 11.6 Å². The number of ether oxygens (including phenoxy) is 1. The van der Waals surface area contributed by atoms with E-state index in [0.29, 0.717) is 13.2 Å². The first-order chi connectivity index (χ1) is 13.5. The fourth-order valence-electron chi connectivity index (χ4n) is 3.50. The molecule has 1 saturated heterocycles. The predicted octanol–water partition coefficient (Wildman–Crippen LogP) is -1.56. The number of piperazine rings is 1. The number of carboxylic acids is 1. The monoisotopic (exact) mass is 412 g/mol. The largest absolute Gasteiger partial charge is 1.00 e. The van der Waals surface area contributed by atoms with Gasteiger partial charge in [0, 0.05) is 32.7 Å². The molecule has 1 heterocycles. The normalized spacial score (nSPS) is 15.3. The summed E-state index contributed by atoms with van der Waals surface area (Å²) in [7, 11) is 0. The van der Waals surface area contributed by atoms with Gasteiger partial charge in [0.2, 0.25) is 0 Å². The Hall–Kier alpha value is -1.35. The Morgan fingerprint density at radius 1 is 0.931 bits per heavy atom. The smallest absolute Gasteiger partial charge is 0.548 e. The summed E-state index contributed by atoms with van der Waals surface area (Å²) in [6.07, 6.45) is 0. The van der Waals surface area contributed by atoms with Crippen LogP contribution in [0.4, 0.5) is 8.78 Å². The van der Waals surface area contributed by atoms with Gasteiger partial charge in [0.15, 0.2) is 0 Å². The van der Waals surface area contributed by atoms with Gasteiger partial charge < -0.3 is 14.6 Å². The third-order valence-corrected chi connectivity index (χ3v) is 4.92. The van der Waals surface area contributed by atoms with Crippen LogP contribution < -0.4 is 34.7 Å². The summed E-state index contributed by atoms with van der Waals surface area (Å²) in [4.78, 5) is 14.9. The van der Waals surface area contributed by atoms with Crippen molar-refractivity contribution in [3.05, 3.63) is 71.3 Å². The zero-order valence-corrected chi connectivity index (χ0v) is 18.5. The standard InChI is InChI=1S/C21H24F2N2O3.Na/c22-18-5-1-16(2-6-18)21(17-3-7-19(23)8-4-17)25-11-9-24(10-12-25)13-14-28-15-20(26)27;/h1-8,21H,9-15H2,(H,26,27);/q;+1/p-1. The van der Waals surface area contributed by atoms with Crippen LogP contribution in [0.3, 0.4) is 0 Å². The number of benzene rings is 2. The summed E-state index contributed by atoms with van der Waals surface area (Å²) < 4.78 is 31.8. The Kier molecular flexibility index (Phi) is 9.68. The van der Waals surface area contributed by atoms with Gasteiger partial charge in [0.1, 0.15) is 11.6 Å². The molecule has 2 aromatic carbocycles. The van der Waals surface area contributed by atoms with E-state index in [1.54, 1.807) is 24.3 Å². The molecule has 0 saturated carbocycles. The van der Waals surface area contributed by atoms with Gasteiger partial charge in [-0.3, -0.25) is 9.80 Å². The van der Waals surface area contributed by atoms with E-state index in [1.807, 2.05) is 0 Å². The Morgan fingerprint density at radius 3 is 1.86 bits per heavy atom. The van der Waals surface area contributed by atoms with Crippen molar-refractivity contribution in [2.75, 3.05) is 45.9 Å². The quantitative estimate of drug-likeness (QED) is 0.388. The van der Waals surface area contributed by atoms with E-state index in [0.717, 1.165) is 37.3 Å². The second-order valence-electron chi connectivity index (χ2n) is 6.81. The van der Waals surface area contributed by atoms with Crippen LogP contribution in [0.5, 0.6) is 0 Å². The van der Waals surface area contributed by atoms with Crippen LogP contribution in [0.2, 0.25) is 0 Å². The second kappa shape index (κ2) is 11.7. The number of carboxylic acid groups (broad SMARTS) is 1. The van der Waals surface area contributed by atoms with Gasteiger partial charge in [-0.1, -0.05) is 24.3 Å². The fourth-order valence-corrected chi connectivity index (χ4v) is 3.50. The summed E-state index contributed by atoms with van der Waals surface area (Å²) in [5, 5.41) is 10.4. The van der Waals surface area contributed by atoms with Gasteiger partial charge in [-0.2, -0.15) is 0 Å². The van der Waals surface area contributed by atoms with E-state index in [1.165, 1.54) is 24.3 Å². The Balaban J connectivity index is 0.00000300. The number of nitrogens with zero attached hydrogens (tertiary/aromatic N) is 2. The summed E-state index contributed by atoms with van der Waals surface area (Å²) in [5.74, 6) is -1.79. The number of hydrogen-bond acceptors (Lipinski definition) is 5. The first-order valence-electron chi connectivity index (χ1n) is 9.28. The van der Waals surface area contributed by atoms with Gasteiger partial charge in [-0.05, 0) is 35.4 Å². The van der Waals surface area contributed by atoms with Crippen molar-refractivity contribution in [1.82, 2.24) is 9.80 Å². The van der Waals surface area contributed by atoms with E-state index in [4.69, 9.17) is 4.74 Å². The van der Waals surface area contributed by atoms with Crippen molar-refractivity contribution in [2.45, 2.75) is 6.04 Å². The molecule has 29 heavy (non-hydrogen) atoms. The predicted molar refractivity (Wildman–Crippen MR) is 98.5 cm³/mol. The maximum Gasteiger partial charge on any atom is 1.00 e. The molecule has 0 bridgehead atoms. The Bertz CT molecular complexity index is 721. The molecule has 0 aromatic heterocycles. The molecule has 0 unspecified atom stereocenters. The first kappa shape index (κ1) is 23.9. The summed E-state index contributed by atoms with van der Waals surface area (Å²) >= 11 is 0. The number of rotatable bonds is 8. The maximum atomic E-state index is 13.4. The zero-order chi connectivity index (χ0) is 19.9. The molecule has 0 spiro atoms. The minimum Gasteiger partial charge on any atom is -0.548 e. The number of aliphatic carboxylic acids is 1. The summed E-state index contributed by atoms with van der Waals surface area (Å²) in [6.45, 7) is 3.75. The van der Waals surface area contributed by atoms with Crippen molar-refractivity contribution in [2.24, 2.45) is 0 Å². The van der Waals surface area contributed by atoms with Crippen LogP contribution >= 0.6 is 0 Å². The number of hydrogen-bond donors (Lipinski definition) is 0. The molecular formula is C21H23F2N2NaO3. The molecule has 0 amide bonds. The maximum absolute atomic E-state index is 13.4. The Labute approximate surface area is 191 Å². The van der Waals surface area contributed by atoms with E-state index in [9.17, 15) is 18.7 Å². The molecule has 2 aromatic rings. The van der Waals surface area contributed by atoms with Gasteiger partial charge in [0.05, 0.1) is 25.2 Å². The third-order valence-electron chi connectivity index (χ3n) is 4.92. The molecule has 150 valence electrons. The molecule has 1 aliphatic rings. The van der Waals surface area contributed by atoms with Gasteiger partial charge in [-0.25, -0.2) is 8.78 Å². The second-order valence-corrected chi connectivity index (χ2v) is 6.81.